The lowest BCUT2D eigenvalue weighted by Crippen LogP contribution is -2.62. The van der Waals surface area contributed by atoms with Crippen LogP contribution >= 0.6 is 0 Å². The molecule has 3 aliphatic carbocycles. The molecule has 0 atom stereocenters. The Kier molecular flexibility index (Phi) is 6.82. The lowest BCUT2D eigenvalue weighted by molar-refractivity contribution is -0.153. The number of pyridine rings is 1. The first-order valence-electron chi connectivity index (χ1n) is 15.9. The first kappa shape index (κ1) is 29.2. The fourth-order valence-electron chi connectivity index (χ4n) is 8.02. The molecule has 2 amide bonds. The summed E-state index contributed by atoms with van der Waals surface area (Å²) in [5.41, 5.74) is 2.76. The third-order valence-corrected chi connectivity index (χ3v) is 11.1. The van der Waals surface area contributed by atoms with Gasteiger partial charge in [-0.3, -0.25) is 14.4 Å². The predicted octanol–water partition coefficient (Wildman–Crippen LogP) is 6.52. The molecule has 8 nitrogen and oxygen atoms in total. The van der Waals surface area contributed by atoms with Crippen molar-refractivity contribution in [2.24, 2.45) is 16.7 Å². The molecule has 0 unspecified atom stereocenters. The van der Waals surface area contributed by atoms with Crippen LogP contribution in [-0.2, 0) is 15.0 Å². The minimum atomic E-state index is -0.779. The lowest BCUT2D eigenvalue weighted by atomic mass is 9.51. The Morgan fingerprint density at radius 3 is 2.21 bits per heavy atom. The van der Waals surface area contributed by atoms with E-state index in [0.29, 0.717) is 68.0 Å². The smallest absolute Gasteiger partial charge is 0.309 e. The van der Waals surface area contributed by atoms with Gasteiger partial charge in [0, 0.05) is 48.8 Å². The average molecular weight is 578 g/mol. The van der Waals surface area contributed by atoms with E-state index in [1.165, 1.54) is 32.1 Å². The molecular formula is C34H47N3O5. The summed E-state index contributed by atoms with van der Waals surface area (Å²) in [6.45, 7) is 13.6. The number of carboxylic acid groups (broad SMARTS) is 1. The Morgan fingerprint density at radius 2 is 1.67 bits per heavy atom. The summed E-state index contributed by atoms with van der Waals surface area (Å²) in [7, 11) is 0. The zero-order valence-corrected chi connectivity index (χ0v) is 26.2. The molecule has 4 fully saturated rings. The Labute approximate surface area is 249 Å². The monoisotopic (exact) mass is 577 g/mol. The van der Waals surface area contributed by atoms with Crippen LogP contribution in [0, 0.1) is 16.7 Å². The third-order valence-electron chi connectivity index (χ3n) is 11.1. The molecule has 1 aliphatic heterocycles. The number of carbonyl (C=O) groups is 3. The molecule has 6 rings (SSSR count). The highest BCUT2D eigenvalue weighted by Gasteiger charge is 2.49. The molecule has 228 valence electrons. The molecule has 1 spiro atoms. The van der Waals surface area contributed by atoms with E-state index < -0.39 is 16.9 Å². The molecule has 8 heteroatoms. The molecule has 42 heavy (non-hydrogen) atoms. The second kappa shape index (κ2) is 9.81. The molecule has 0 aromatic carbocycles. The van der Waals surface area contributed by atoms with Crippen molar-refractivity contribution in [3.05, 3.63) is 29.2 Å². The summed E-state index contributed by atoms with van der Waals surface area (Å²) in [5.74, 6) is -0.236. The molecule has 4 aliphatic rings. The molecule has 1 saturated heterocycles. The van der Waals surface area contributed by atoms with Gasteiger partial charge in [0.15, 0.2) is 11.3 Å². The number of carboxylic acids is 1. The molecule has 1 N–H and O–H groups in total. The minimum absolute atomic E-state index is 0.0811. The van der Waals surface area contributed by atoms with Gasteiger partial charge in [-0.25, -0.2) is 4.98 Å². The van der Waals surface area contributed by atoms with E-state index in [9.17, 15) is 19.5 Å². The number of rotatable bonds is 4. The highest BCUT2D eigenvalue weighted by Crippen LogP contribution is 2.61. The van der Waals surface area contributed by atoms with Crippen LogP contribution in [0.25, 0.3) is 11.1 Å². The number of piperazine rings is 1. The van der Waals surface area contributed by atoms with Crippen molar-refractivity contribution < 1.29 is 23.9 Å². The summed E-state index contributed by atoms with van der Waals surface area (Å²) in [6.07, 6.45) is 8.70. The first-order valence-corrected chi connectivity index (χ1v) is 15.9. The zero-order valence-electron chi connectivity index (χ0n) is 26.2. The third kappa shape index (κ3) is 4.92. The average Bonchev–Trinajstić information content (AvgIpc) is 3.29. The molecule has 0 bridgehead atoms. The maximum atomic E-state index is 13.9. The number of hydrogen-bond donors (Lipinski definition) is 1. The number of amides is 2. The van der Waals surface area contributed by atoms with Gasteiger partial charge in [0.05, 0.1) is 11.0 Å². The number of fused-ring (bicyclic) bond motifs is 1. The van der Waals surface area contributed by atoms with Crippen molar-refractivity contribution >= 4 is 28.9 Å². The van der Waals surface area contributed by atoms with Crippen LogP contribution in [0.1, 0.15) is 127 Å². The van der Waals surface area contributed by atoms with Gasteiger partial charge >= 0.3 is 5.97 Å². The fraction of sp³-hybridized carbons (Fsp3) is 0.706. The second-order valence-corrected chi connectivity index (χ2v) is 15.8. The molecule has 3 heterocycles. The van der Waals surface area contributed by atoms with Gasteiger partial charge in [-0.1, -0.05) is 27.2 Å². The fourth-order valence-corrected chi connectivity index (χ4v) is 8.02. The van der Waals surface area contributed by atoms with Crippen molar-refractivity contribution in [2.45, 2.75) is 116 Å². The summed E-state index contributed by atoms with van der Waals surface area (Å²) < 4.78 is 6.32. The van der Waals surface area contributed by atoms with Crippen LogP contribution in [0.15, 0.2) is 16.5 Å². The van der Waals surface area contributed by atoms with Crippen LogP contribution in [-0.4, -0.2) is 62.8 Å². The van der Waals surface area contributed by atoms with E-state index in [0.717, 1.165) is 16.8 Å². The summed E-state index contributed by atoms with van der Waals surface area (Å²) in [6, 6.07) is 4.04. The van der Waals surface area contributed by atoms with Gasteiger partial charge in [0.25, 0.3) is 5.91 Å². The number of nitrogens with zero attached hydrogens (tertiary/aromatic N) is 3. The standard InChI is InChI=1S/C34H47N3O5/c1-31(2,3)23-16-24(22-18-34(19-22)10-7-11-34)35-25-17-26(42-27(23)25)29(39)37-15-14-36(20-32(37,4)5)28(38)21-8-12-33(6,13-9-21)30(40)41/h16-17,21-22H,7-15,18-20H2,1-6H3,(H,40,41)/t21-,33+. The van der Waals surface area contributed by atoms with E-state index in [1.54, 1.807) is 6.92 Å². The largest absolute Gasteiger partial charge is 0.481 e. The van der Waals surface area contributed by atoms with Gasteiger partial charge in [-0.2, -0.15) is 0 Å². The molecule has 0 radical (unpaired) electrons. The van der Waals surface area contributed by atoms with E-state index in [1.807, 2.05) is 29.7 Å². The van der Waals surface area contributed by atoms with Gasteiger partial charge in [-0.15, -0.1) is 0 Å². The Morgan fingerprint density at radius 1 is 1.00 bits per heavy atom. The van der Waals surface area contributed by atoms with Gasteiger partial charge < -0.3 is 19.3 Å². The van der Waals surface area contributed by atoms with Crippen molar-refractivity contribution in [3.8, 4) is 0 Å². The summed E-state index contributed by atoms with van der Waals surface area (Å²) in [5, 5.41) is 9.55. The van der Waals surface area contributed by atoms with Gasteiger partial charge in [-0.05, 0) is 89.0 Å². The normalized spacial score (nSPS) is 27.5. The Hall–Kier alpha value is -2.90. The van der Waals surface area contributed by atoms with Crippen molar-refractivity contribution in [1.29, 1.82) is 0 Å². The molecule has 3 saturated carbocycles. The summed E-state index contributed by atoms with van der Waals surface area (Å²) >= 11 is 0. The maximum Gasteiger partial charge on any atom is 0.309 e. The van der Waals surface area contributed by atoms with Gasteiger partial charge in [0.2, 0.25) is 5.91 Å². The maximum absolute atomic E-state index is 13.9. The van der Waals surface area contributed by atoms with Gasteiger partial charge in [0.1, 0.15) is 5.52 Å². The van der Waals surface area contributed by atoms with Crippen molar-refractivity contribution in [3.63, 3.8) is 0 Å². The minimum Gasteiger partial charge on any atom is -0.481 e. The van der Waals surface area contributed by atoms with Crippen LogP contribution < -0.4 is 0 Å². The van der Waals surface area contributed by atoms with E-state index >= 15 is 0 Å². The quantitative estimate of drug-likeness (QED) is 0.444. The topological polar surface area (TPSA) is 104 Å². The molecule has 2 aromatic heterocycles. The molecular weight excluding hydrogens is 530 g/mol. The van der Waals surface area contributed by atoms with Crippen molar-refractivity contribution in [1.82, 2.24) is 14.8 Å². The van der Waals surface area contributed by atoms with Crippen molar-refractivity contribution in [2.75, 3.05) is 19.6 Å². The summed E-state index contributed by atoms with van der Waals surface area (Å²) in [4.78, 5) is 47.7. The zero-order chi connectivity index (χ0) is 30.2. The highest BCUT2D eigenvalue weighted by molar-refractivity contribution is 5.96. The van der Waals surface area contributed by atoms with Crippen LogP contribution in [0.3, 0.4) is 0 Å². The number of aromatic nitrogens is 1. The second-order valence-electron chi connectivity index (χ2n) is 15.8. The Bertz CT molecular complexity index is 1410. The molecule has 2 aromatic rings. The number of aliphatic carboxylic acids is 1. The first-order chi connectivity index (χ1) is 19.6. The Balaban J connectivity index is 1.18. The predicted molar refractivity (Wildman–Crippen MR) is 160 cm³/mol. The van der Waals surface area contributed by atoms with E-state index in [2.05, 4.69) is 26.8 Å². The number of hydrogen-bond acceptors (Lipinski definition) is 5. The van der Waals surface area contributed by atoms with E-state index in [4.69, 9.17) is 9.40 Å². The van der Waals surface area contributed by atoms with E-state index in [-0.39, 0.29) is 23.1 Å². The van der Waals surface area contributed by atoms with Crippen LogP contribution in [0.5, 0.6) is 0 Å². The lowest BCUT2D eigenvalue weighted by Gasteiger charge is -2.54. The highest BCUT2D eigenvalue weighted by atomic mass is 16.4. The SMILES string of the molecule is CC(C)(C)c1cc(C2CC3(CCC3)C2)nc2cc(C(=O)N3CCN(C(=O)[C@H]4CC[C@@](C)(C(=O)O)CC4)CC3(C)C)oc12. The van der Waals surface area contributed by atoms with Crippen LogP contribution in [0.2, 0.25) is 0 Å². The number of furan rings is 1. The number of carbonyl (C=O) groups excluding carboxylic acids is 2. The van der Waals surface area contributed by atoms with Crippen LogP contribution in [0.4, 0.5) is 0 Å².